The van der Waals surface area contributed by atoms with Crippen molar-refractivity contribution >= 4 is 40.0 Å². The van der Waals surface area contributed by atoms with Gasteiger partial charge in [0.25, 0.3) is 11.8 Å². The molecule has 2 amide bonds. The third-order valence-electron chi connectivity index (χ3n) is 4.34. The number of methoxy groups -OCH3 is 2. The largest absolute Gasteiger partial charge is 0.493 e. The summed E-state index contributed by atoms with van der Waals surface area (Å²) < 4.78 is 10.4. The van der Waals surface area contributed by atoms with Crippen LogP contribution in [0.2, 0.25) is 0 Å². The molecule has 8 heteroatoms. The molecule has 0 aliphatic carbocycles. The number of ether oxygens (including phenoxy) is 2. The Morgan fingerprint density at radius 2 is 1.68 bits per heavy atom. The Labute approximate surface area is 183 Å². The molecular weight excluding hydrogens is 416 g/mol. The molecule has 1 aromatic heterocycles. The number of nitrogens with two attached hydrogens (primary N) is 1. The lowest BCUT2D eigenvalue weighted by Gasteiger charge is -2.07. The molecule has 0 spiro atoms. The van der Waals surface area contributed by atoms with Crippen LogP contribution in [0.1, 0.15) is 15.9 Å². The van der Waals surface area contributed by atoms with Gasteiger partial charge in [0.1, 0.15) is 5.00 Å². The number of benzene rings is 2. The van der Waals surface area contributed by atoms with Crippen LogP contribution < -0.4 is 20.5 Å². The van der Waals surface area contributed by atoms with Gasteiger partial charge in [-0.25, -0.2) is 0 Å². The molecule has 0 saturated heterocycles. The number of thiophene rings is 1. The molecule has 7 nitrogen and oxygen atoms in total. The predicted molar refractivity (Wildman–Crippen MR) is 120 cm³/mol. The van der Waals surface area contributed by atoms with Gasteiger partial charge in [-0.3, -0.25) is 14.4 Å². The Morgan fingerprint density at radius 3 is 2.32 bits per heavy atom. The molecule has 2 aromatic carbocycles. The molecule has 158 valence electrons. The Bertz CT molecular complexity index is 1150. The summed E-state index contributed by atoms with van der Waals surface area (Å²) in [7, 11) is 3.03. The van der Waals surface area contributed by atoms with Crippen LogP contribution in [-0.2, 0) is 9.59 Å². The van der Waals surface area contributed by atoms with Gasteiger partial charge in [0, 0.05) is 4.88 Å². The van der Waals surface area contributed by atoms with Gasteiger partial charge >= 0.3 is 0 Å². The highest BCUT2D eigenvalue weighted by atomic mass is 32.1. The lowest BCUT2D eigenvalue weighted by atomic mass is 10.1. The third-order valence-corrected chi connectivity index (χ3v) is 5.44. The molecule has 0 aliphatic rings. The first-order valence-corrected chi connectivity index (χ1v) is 9.99. The number of hydrogen-bond acceptors (Lipinski definition) is 6. The second-order valence-corrected chi connectivity index (χ2v) is 7.40. The van der Waals surface area contributed by atoms with E-state index in [0.717, 1.165) is 16.5 Å². The minimum Gasteiger partial charge on any atom is -0.493 e. The number of ketones is 1. The van der Waals surface area contributed by atoms with E-state index >= 15 is 0 Å². The van der Waals surface area contributed by atoms with Crippen LogP contribution in [0, 0.1) is 0 Å². The number of carbonyl (C=O) groups excluding carboxylic acids is 3. The zero-order valence-electron chi connectivity index (χ0n) is 16.9. The fraction of sp³-hybridized carbons (Fsp3) is 0.0870. The molecule has 0 unspecified atom stereocenters. The number of carbonyl (C=O) groups is 3. The molecule has 3 N–H and O–H groups in total. The topological polar surface area (TPSA) is 108 Å². The number of primary amides is 1. The van der Waals surface area contributed by atoms with Gasteiger partial charge in [-0.05, 0) is 35.4 Å². The second kappa shape index (κ2) is 9.73. The minimum absolute atomic E-state index is 0.147. The summed E-state index contributed by atoms with van der Waals surface area (Å²) >= 11 is 1.17. The minimum atomic E-state index is -0.874. The first-order chi connectivity index (χ1) is 14.9. The van der Waals surface area contributed by atoms with E-state index in [4.69, 9.17) is 15.2 Å². The summed E-state index contributed by atoms with van der Waals surface area (Å²) in [5, 5.41) is 2.72. The Balaban J connectivity index is 1.76. The summed E-state index contributed by atoms with van der Waals surface area (Å²) in [4.78, 5) is 37.2. The van der Waals surface area contributed by atoms with Gasteiger partial charge in [-0.1, -0.05) is 42.5 Å². The summed E-state index contributed by atoms with van der Waals surface area (Å²) in [5.41, 5.74) is 7.11. The van der Waals surface area contributed by atoms with Crippen LogP contribution in [0.4, 0.5) is 5.00 Å². The van der Waals surface area contributed by atoms with Crippen LogP contribution >= 0.6 is 11.3 Å². The quantitative estimate of drug-likeness (QED) is 0.413. The summed E-state index contributed by atoms with van der Waals surface area (Å²) in [5.74, 6) is -1.29. The Kier molecular flexibility index (Phi) is 6.84. The van der Waals surface area contributed by atoms with Crippen molar-refractivity contribution in [3.05, 3.63) is 71.8 Å². The summed E-state index contributed by atoms with van der Waals surface area (Å²) in [6, 6.07) is 16.0. The fourth-order valence-electron chi connectivity index (χ4n) is 2.78. The zero-order chi connectivity index (χ0) is 22.4. The van der Waals surface area contributed by atoms with Crippen molar-refractivity contribution in [3.8, 4) is 21.9 Å². The molecule has 0 fully saturated rings. The number of amides is 2. The highest BCUT2D eigenvalue weighted by Crippen LogP contribution is 2.35. The first kappa shape index (κ1) is 21.8. The van der Waals surface area contributed by atoms with Crippen molar-refractivity contribution in [2.75, 3.05) is 19.5 Å². The van der Waals surface area contributed by atoms with E-state index in [1.807, 2.05) is 30.3 Å². The van der Waals surface area contributed by atoms with Crippen molar-refractivity contribution in [1.29, 1.82) is 0 Å². The van der Waals surface area contributed by atoms with E-state index in [1.54, 1.807) is 24.3 Å². The second-order valence-electron chi connectivity index (χ2n) is 6.35. The molecule has 0 saturated carbocycles. The number of rotatable bonds is 8. The molecule has 3 rings (SSSR count). The Hall–Kier alpha value is -3.91. The van der Waals surface area contributed by atoms with E-state index in [1.165, 1.54) is 31.6 Å². The monoisotopic (exact) mass is 436 g/mol. The van der Waals surface area contributed by atoms with Crippen molar-refractivity contribution in [2.24, 2.45) is 5.73 Å². The Morgan fingerprint density at radius 1 is 0.968 bits per heavy atom. The number of hydrogen-bond donors (Lipinski definition) is 2. The molecule has 3 aromatic rings. The van der Waals surface area contributed by atoms with Crippen LogP contribution in [0.3, 0.4) is 0 Å². The zero-order valence-corrected chi connectivity index (χ0v) is 17.7. The van der Waals surface area contributed by atoms with Crippen LogP contribution in [0.5, 0.6) is 11.5 Å². The maximum Gasteiger partial charge on any atom is 0.296 e. The molecule has 0 aliphatic heterocycles. The van der Waals surface area contributed by atoms with E-state index in [0.29, 0.717) is 17.1 Å². The number of nitrogens with one attached hydrogen (secondary N) is 1. The van der Waals surface area contributed by atoms with Gasteiger partial charge < -0.3 is 20.5 Å². The SMILES string of the molecule is COc1ccc(/C=C/C(=O)C(=O)Nc2sc(-c3ccccc3)cc2C(N)=O)cc1OC. The van der Waals surface area contributed by atoms with Crippen LogP contribution in [0.25, 0.3) is 16.5 Å². The van der Waals surface area contributed by atoms with E-state index in [-0.39, 0.29) is 10.6 Å². The van der Waals surface area contributed by atoms with Gasteiger partial charge in [-0.15, -0.1) is 11.3 Å². The van der Waals surface area contributed by atoms with Crippen molar-refractivity contribution in [2.45, 2.75) is 0 Å². The molecule has 0 radical (unpaired) electrons. The maximum atomic E-state index is 12.4. The lowest BCUT2D eigenvalue weighted by Crippen LogP contribution is -2.22. The van der Waals surface area contributed by atoms with Crippen LogP contribution in [0.15, 0.2) is 60.7 Å². The van der Waals surface area contributed by atoms with Crippen molar-refractivity contribution in [1.82, 2.24) is 0 Å². The predicted octanol–water partition coefficient (Wildman–Crippen LogP) is 3.75. The fourth-order valence-corrected chi connectivity index (χ4v) is 3.84. The van der Waals surface area contributed by atoms with Gasteiger partial charge in [0.15, 0.2) is 11.5 Å². The molecular formula is C23H20N2O5S. The summed E-state index contributed by atoms with van der Waals surface area (Å²) in [6.45, 7) is 0. The molecule has 31 heavy (non-hydrogen) atoms. The standard InChI is InChI=1S/C23H20N2O5S/c1-29-18-11-9-14(12-19(18)30-2)8-10-17(26)22(28)25-23-16(21(24)27)13-20(31-23)15-6-4-3-5-7-15/h3-13H,1-2H3,(H2,24,27)(H,25,28)/b10-8+. The normalized spacial score (nSPS) is 10.6. The lowest BCUT2D eigenvalue weighted by molar-refractivity contribution is -0.131. The van der Waals surface area contributed by atoms with E-state index < -0.39 is 17.6 Å². The third kappa shape index (κ3) is 5.18. The van der Waals surface area contributed by atoms with Crippen molar-refractivity contribution in [3.63, 3.8) is 0 Å². The first-order valence-electron chi connectivity index (χ1n) is 9.17. The van der Waals surface area contributed by atoms with E-state index in [9.17, 15) is 14.4 Å². The average molecular weight is 436 g/mol. The highest BCUT2D eigenvalue weighted by molar-refractivity contribution is 7.20. The van der Waals surface area contributed by atoms with Gasteiger partial charge in [0.05, 0.1) is 19.8 Å². The van der Waals surface area contributed by atoms with Gasteiger partial charge in [0.2, 0.25) is 5.78 Å². The molecule has 1 heterocycles. The van der Waals surface area contributed by atoms with Crippen LogP contribution in [-0.4, -0.2) is 31.8 Å². The highest BCUT2D eigenvalue weighted by Gasteiger charge is 2.19. The smallest absolute Gasteiger partial charge is 0.296 e. The average Bonchev–Trinajstić information content (AvgIpc) is 3.21. The summed E-state index contributed by atoms with van der Waals surface area (Å²) in [6.07, 6.45) is 2.63. The van der Waals surface area contributed by atoms with Crippen molar-refractivity contribution < 1.29 is 23.9 Å². The van der Waals surface area contributed by atoms with Gasteiger partial charge in [-0.2, -0.15) is 0 Å². The number of anilines is 1. The molecule has 0 atom stereocenters. The molecule has 0 bridgehead atoms. The van der Waals surface area contributed by atoms with E-state index in [2.05, 4.69) is 5.32 Å². The maximum absolute atomic E-state index is 12.4.